The van der Waals surface area contributed by atoms with Gasteiger partial charge < -0.3 is 0 Å². The van der Waals surface area contributed by atoms with Crippen molar-refractivity contribution in [3.8, 4) is 11.3 Å². The zero-order chi connectivity index (χ0) is 15.9. The summed E-state index contributed by atoms with van der Waals surface area (Å²) in [5.41, 5.74) is 1.84. The molecular formula is C16H14ClF3N2. The average molecular weight is 327 g/mol. The number of rotatable bonds is 1. The second-order valence-electron chi connectivity index (χ2n) is 5.72. The topological polar surface area (TPSA) is 25.8 Å². The van der Waals surface area contributed by atoms with E-state index in [-0.39, 0.29) is 5.38 Å². The van der Waals surface area contributed by atoms with Crippen LogP contribution in [0.3, 0.4) is 0 Å². The maximum atomic E-state index is 12.8. The first kappa shape index (κ1) is 15.3. The van der Waals surface area contributed by atoms with Crippen LogP contribution in [0.1, 0.15) is 35.5 Å². The van der Waals surface area contributed by atoms with Crippen LogP contribution in [0.2, 0.25) is 0 Å². The van der Waals surface area contributed by atoms with Crippen molar-refractivity contribution in [3.63, 3.8) is 0 Å². The Bertz CT molecular complexity index is 700. The Morgan fingerprint density at radius 1 is 1.18 bits per heavy atom. The molecular weight excluding hydrogens is 313 g/mol. The zero-order valence-electron chi connectivity index (χ0n) is 11.9. The molecule has 6 heteroatoms. The summed E-state index contributed by atoms with van der Waals surface area (Å²) in [6, 6.07) is 6.87. The number of alkyl halides is 4. The Morgan fingerprint density at radius 2 is 1.95 bits per heavy atom. The van der Waals surface area contributed by atoms with Gasteiger partial charge in [-0.3, -0.25) is 0 Å². The smallest absolute Gasteiger partial charge is 0.166 e. The second-order valence-corrected chi connectivity index (χ2v) is 6.25. The monoisotopic (exact) mass is 326 g/mol. The first-order chi connectivity index (χ1) is 10.3. The number of benzene rings is 1. The van der Waals surface area contributed by atoms with E-state index in [1.165, 1.54) is 6.07 Å². The summed E-state index contributed by atoms with van der Waals surface area (Å²) in [4.78, 5) is 0. The summed E-state index contributed by atoms with van der Waals surface area (Å²) in [7, 11) is 0. The van der Waals surface area contributed by atoms with Gasteiger partial charge >= 0.3 is 6.18 Å². The molecule has 0 amide bonds. The van der Waals surface area contributed by atoms with E-state index in [4.69, 9.17) is 11.6 Å². The Labute approximate surface area is 131 Å². The predicted octanol–water partition coefficient (Wildman–Crippen LogP) is 5.02. The minimum Gasteiger partial charge on any atom is -0.166 e. The first-order valence-corrected chi connectivity index (χ1v) is 7.46. The lowest BCUT2D eigenvalue weighted by Gasteiger charge is -2.24. The van der Waals surface area contributed by atoms with Crippen molar-refractivity contribution in [2.45, 2.75) is 31.3 Å². The molecule has 0 fully saturated rings. The zero-order valence-corrected chi connectivity index (χ0v) is 12.6. The van der Waals surface area contributed by atoms with Crippen LogP contribution in [0.25, 0.3) is 11.3 Å². The fourth-order valence-corrected chi connectivity index (χ4v) is 3.24. The molecule has 1 heterocycles. The van der Waals surface area contributed by atoms with Gasteiger partial charge in [-0.2, -0.15) is 23.4 Å². The number of aromatic nitrogens is 2. The van der Waals surface area contributed by atoms with Crippen LogP contribution in [-0.2, 0) is 12.6 Å². The van der Waals surface area contributed by atoms with Gasteiger partial charge in [-0.15, -0.1) is 11.6 Å². The summed E-state index contributed by atoms with van der Waals surface area (Å²) in [6.45, 7) is 2.10. The lowest BCUT2D eigenvalue weighted by atomic mass is 9.87. The highest BCUT2D eigenvalue weighted by Crippen LogP contribution is 2.38. The van der Waals surface area contributed by atoms with Crippen molar-refractivity contribution in [1.82, 2.24) is 10.2 Å². The van der Waals surface area contributed by atoms with Gasteiger partial charge in [0, 0.05) is 5.56 Å². The summed E-state index contributed by atoms with van der Waals surface area (Å²) in [6.07, 6.45) is -2.74. The third kappa shape index (κ3) is 2.95. The molecule has 2 nitrogen and oxygen atoms in total. The Hall–Kier alpha value is -1.62. The van der Waals surface area contributed by atoms with E-state index in [1.807, 2.05) is 0 Å². The quantitative estimate of drug-likeness (QED) is 0.687. The molecule has 0 saturated heterocycles. The predicted molar refractivity (Wildman–Crippen MR) is 78.5 cm³/mol. The number of hydrogen-bond acceptors (Lipinski definition) is 2. The molecule has 2 unspecified atom stereocenters. The Morgan fingerprint density at radius 3 is 2.68 bits per heavy atom. The Kier molecular flexibility index (Phi) is 3.85. The highest BCUT2D eigenvalue weighted by molar-refractivity contribution is 6.21. The van der Waals surface area contributed by atoms with Crippen LogP contribution in [0, 0.1) is 5.92 Å². The van der Waals surface area contributed by atoms with Crippen molar-refractivity contribution in [2.75, 3.05) is 0 Å². The molecule has 1 aliphatic rings. The molecule has 116 valence electrons. The van der Waals surface area contributed by atoms with Crippen molar-refractivity contribution < 1.29 is 13.2 Å². The van der Waals surface area contributed by atoms with Gasteiger partial charge in [0.1, 0.15) is 0 Å². The Balaban J connectivity index is 2.02. The SMILES string of the molecule is CC1Cc2nnc(-c3cccc(C(F)(F)F)c3)cc2C(Cl)C1. The molecule has 1 aliphatic carbocycles. The molecule has 0 N–H and O–H groups in total. The van der Waals surface area contributed by atoms with E-state index in [0.717, 1.165) is 36.2 Å². The van der Waals surface area contributed by atoms with Crippen molar-refractivity contribution in [3.05, 3.63) is 47.2 Å². The van der Waals surface area contributed by atoms with E-state index in [0.29, 0.717) is 17.2 Å². The van der Waals surface area contributed by atoms with E-state index < -0.39 is 11.7 Å². The normalized spacial score (nSPS) is 21.5. The molecule has 0 saturated carbocycles. The minimum atomic E-state index is -4.37. The van der Waals surface area contributed by atoms with Gasteiger partial charge in [0.25, 0.3) is 0 Å². The van der Waals surface area contributed by atoms with Gasteiger partial charge in [-0.25, -0.2) is 0 Å². The molecule has 3 rings (SSSR count). The van der Waals surface area contributed by atoms with E-state index in [9.17, 15) is 13.2 Å². The van der Waals surface area contributed by atoms with Gasteiger partial charge in [0.15, 0.2) is 0 Å². The lowest BCUT2D eigenvalue weighted by Crippen LogP contribution is -2.16. The molecule has 0 aliphatic heterocycles. The van der Waals surface area contributed by atoms with Gasteiger partial charge in [0.2, 0.25) is 0 Å². The molecule has 2 atom stereocenters. The highest BCUT2D eigenvalue weighted by Gasteiger charge is 2.31. The molecule has 0 bridgehead atoms. The van der Waals surface area contributed by atoms with Gasteiger partial charge in [0.05, 0.1) is 22.3 Å². The van der Waals surface area contributed by atoms with E-state index in [1.54, 1.807) is 12.1 Å². The number of nitrogens with zero attached hydrogens (tertiary/aromatic N) is 2. The highest BCUT2D eigenvalue weighted by atomic mass is 35.5. The van der Waals surface area contributed by atoms with E-state index >= 15 is 0 Å². The largest absolute Gasteiger partial charge is 0.416 e. The van der Waals surface area contributed by atoms with Crippen LogP contribution in [-0.4, -0.2) is 10.2 Å². The van der Waals surface area contributed by atoms with Crippen molar-refractivity contribution in [2.24, 2.45) is 5.92 Å². The summed E-state index contributed by atoms with van der Waals surface area (Å²) < 4.78 is 38.4. The van der Waals surface area contributed by atoms with Crippen molar-refractivity contribution >= 4 is 11.6 Å². The van der Waals surface area contributed by atoms with Gasteiger partial charge in [-0.1, -0.05) is 19.1 Å². The van der Waals surface area contributed by atoms with Crippen LogP contribution in [0.4, 0.5) is 13.2 Å². The second kappa shape index (κ2) is 5.54. The van der Waals surface area contributed by atoms with E-state index in [2.05, 4.69) is 17.1 Å². The summed E-state index contributed by atoms with van der Waals surface area (Å²) in [5, 5.41) is 8.08. The van der Waals surface area contributed by atoms with Gasteiger partial charge in [-0.05, 0) is 42.5 Å². The molecule has 22 heavy (non-hydrogen) atoms. The lowest BCUT2D eigenvalue weighted by molar-refractivity contribution is -0.137. The van der Waals surface area contributed by atoms with Crippen LogP contribution < -0.4 is 0 Å². The number of hydrogen-bond donors (Lipinski definition) is 0. The molecule has 1 aromatic carbocycles. The molecule has 0 spiro atoms. The number of halogens is 4. The standard InChI is InChI=1S/C16H14ClF3N2/c1-9-5-13(17)12-8-14(21-22-15(12)6-9)10-3-2-4-11(7-10)16(18,19)20/h2-4,7-9,13H,5-6H2,1H3. The van der Waals surface area contributed by atoms with Crippen LogP contribution >= 0.6 is 11.6 Å². The fraction of sp³-hybridized carbons (Fsp3) is 0.375. The van der Waals surface area contributed by atoms with Crippen molar-refractivity contribution in [1.29, 1.82) is 0 Å². The first-order valence-electron chi connectivity index (χ1n) is 7.03. The number of fused-ring (bicyclic) bond motifs is 1. The minimum absolute atomic E-state index is 0.168. The third-order valence-electron chi connectivity index (χ3n) is 3.88. The summed E-state index contributed by atoms with van der Waals surface area (Å²) >= 11 is 6.36. The maximum absolute atomic E-state index is 12.8. The molecule has 0 radical (unpaired) electrons. The molecule has 1 aromatic heterocycles. The van der Waals surface area contributed by atoms with Crippen LogP contribution in [0.15, 0.2) is 30.3 Å². The fourth-order valence-electron chi connectivity index (χ4n) is 2.75. The third-order valence-corrected chi connectivity index (χ3v) is 4.29. The molecule has 2 aromatic rings. The maximum Gasteiger partial charge on any atom is 0.416 e. The average Bonchev–Trinajstić information content (AvgIpc) is 2.46. The van der Waals surface area contributed by atoms with Crippen LogP contribution in [0.5, 0.6) is 0 Å². The summed E-state index contributed by atoms with van der Waals surface area (Å²) in [5.74, 6) is 0.434.